The minimum atomic E-state index is -4.45. The molecule has 0 unspecified atom stereocenters. The van der Waals surface area contributed by atoms with Gasteiger partial charge in [0.25, 0.3) is 5.91 Å². The summed E-state index contributed by atoms with van der Waals surface area (Å²) in [4.78, 5) is 24.1. The van der Waals surface area contributed by atoms with Gasteiger partial charge in [-0.25, -0.2) is 9.97 Å². The minimum Gasteiger partial charge on any atom is -0.370 e. The second kappa shape index (κ2) is 6.53. The molecule has 26 heavy (non-hydrogen) atoms. The summed E-state index contributed by atoms with van der Waals surface area (Å²) < 4.78 is 39.0. The van der Waals surface area contributed by atoms with Gasteiger partial charge in [-0.1, -0.05) is 11.3 Å². The number of rotatable bonds is 3. The molecule has 136 valence electrons. The molecule has 2 aromatic heterocycles. The maximum atomic E-state index is 12.9. The lowest BCUT2D eigenvalue weighted by atomic mass is 10.1. The molecule has 1 amide bonds. The van der Waals surface area contributed by atoms with E-state index in [1.165, 1.54) is 12.3 Å². The maximum absolute atomic E-state index is 12.9. The molecule has 0 saturated carbocycles. The summed E-state index contributed by atoms with van der Waals surface area (Å²) in [5, 5.41) is 4.36. The summed E-state index contributed by atoms with van der Waals surface area (Å²) >= 11 is 2.01. The molecular weight excluding hydrogens is 389 g/mol. The van der Waals surface area contributed by atoms with E-state index in [9.17, 15) is 18.0 Å². The van der Waals surface area contributed by atoms with Crippen LogP contribution in [0.25, 0.3) is 10.2 Å². The number of aryl methyl sites for hydroxylation is 1. The van der Waals surface area contributed by atoms with Crippen LogP contribution in [-0.2, 0) is 6.18 Å². The first-order valence-corrected chi connectivity index (χ1v) is 8.68. The molecule has 0 aliphatic heterocycles. The van der Waals surface area contributed by atoms with E-state index in [2.05, 4.69) is 20.3 Å². The Morgan fingerprint density at radius 2 is 2.00 bits per heavy atom. The van der Waals surface area contributed by atoms with Crippen molar-refractivity contribution in [2.24, 2.45) is 16.5 Å². The van der Waals surface area contributed by atoms with E-state index in [-0.39, 0.29) is 21.9 Å². The molecule has 0 atom stereocenters. The molecule has 0 fully saturated rings. The largest absolute Gasteiger partial charge is 0.416 e. The second-order valence-corrected chi connectivity index (χ2v) is 7.03. The zero-order valence-corrected chi connectivity index (χ0v) is 14.7. The fourth-order valence-electron chi connectivity index (χ4n) is 2.11. The Morgan fingerprint density at radius 1 is 1.27 bits per heavy atom. The smallest absolute Gasteiger partial charge is 0.370 e. The third kappa shape index (κ3) is 3.75. The van der Waals surface area contributed by atoms with E-state index in [0.29, 0.717) is 15.8 Å². The van der Waals surface area contributed by atoms with Crippen molar-refractivity contribution in [3.63, 3.8) is 0 Å². The van der Waals surface area contributed by atoms with Crippen molar-refractivity contribution >= 4 is 55.0 Å². The SMILES string of the molecule is Cc1cc(C(F)(F)F)cc2sc(NC(=O)c3csc(N=C(N)N)n3)nc12. The summed E-state index contributed by atoms with van der Waals surface area (Å²) in [7, 11) is 0. The third-order valence-electron chi connectivity index (χ3n) is 3.18. The molecule has 0 aliphatic rings. The molecule has 0 saturated heterocycles. The van der Waals surface area contributed by atoms with Crippen LogP contribution in [0, 0.1) is 6.92 Å². The van der Waals surface area contributed by atoms with Gasteiger partial charge in [-0.15, -0.1) is 11.3 Å². The predicted molar refractivity (Wildman–Crippen MR) is 94.9 cm³/mol. The number of anilines is 1. The van der Waals surface area contributed by atoms with Crippen molar-refractivity contribution in [2.75, 3.05) is 5.32 Å². The van der Waals surface area contributed by atoms with Crippen molar-refractivity contribution < 1.29 is 18.0 Å². The van der Waals surface area contributed by atoms with Crippen LogP contribution in [0.4, 0.5) is 23.4 Å². The van der Waals surface area contributed by atoms with Crippen molar-refractivity contribution in [2.45, 2.75) is 13.1 Å². The van der Waals surface area contributed by atoms with E-state index < -0.39 is 17.6 Å². The zero-order chi connectivity index (χ0) is 19.1. The van der Waals surface area contributed by atoms with Gasteiger partial charge in [-0.3, -0.25) is 10.1 Å². The lowest BCUT2D eigenvalue weighted by molar-refractivity contribution is -0.137. The number of alkyl halides is 3. The van der Waals surface area contributed by atoms with Gasteiger partial charge in [0.05, 0.1) is 15.8 Å². The first-order valence-electron chi connectivity index (χ1n) is 6.98. The van der Waals surface area contributed by atoms with Gasteiger partial charge < -0.3 is 11.5 Å². The predicted octanol–water partition coefficient (Wildman–Crippen LogP) is 3.24. The van der Waals surface area contributed by atoms with Crippen LogP contribution in [0.2, 0.25) is 0 Å². The summed E-state index contributed by atoms with van der Waals surface area (Å²) in [6, 6.07) is 2.03. The topological polar surface area (TPSA) is 119 Å². The summed E-state index contributed by atoms with van der Waals surface area (Å²) in [5.74, 6) is -0.750. The highest BCUT2D eigenvalue weighted by molar-refractivity contribution is 7.22. The number of benzene rings is 1. The maximum Gasteiger partial charge on any atom is 0.416 e. The Bertz CT molecular complexity index is 1020. The second-order valence-electron chi connectivity index (χ2n) is 5.16. The van der Waals surface area contributed by atoms with Crippen molar-refractivity contribution in [3.05, 3.63) is 34.3 Å². The lowest BCUT2D eigenvalue weighted by Crippen LogP contribution is -2.21. The van der Waals surface area contributed by atoms with Gasteiger partial charge in [0.15, 0.2) is 11.1 Å². The van der Waals surface area contributed by atoms with Crippen LogP contribution in [-0.4, -0.2) is 21.8 Å². The number of nitrogens with two attached hydrogens (primary N) is 2. The van der Waals surface area contributed by atoms with Crippen LogP contribution in [0.5, 0.6) is 0 Å². The lowest BCUT2D eigenvalue weighted by Gasteiger charge is -2.07. The van der Waals surface area contributed by atoms with Gasteiger partial charge in [0.1, 0.15) is 5.69 Å². The van der Waals surface area contributed by atoms with Crippen molar-refractivity contribution in [3.8, 4) is 0 Å². The van der Waals surface area contributed by atoms with E-state index in [1.54, 1.807) is 0 Å². The number of aromatic nitrogens is 2. The average Bonchev–Trinajstić information content (AvgIpc) is 3.12. The van der Waals surface area contributed by atoms with Gasteiger partial charge in [-0.05, 0) is 24.6 Å². The van der Waals surface area contributed by atoms with E-state index in [0.717, 1.165) is 34.8 Å². The molecule has 2 heterocycles. The number of fused-ring (bicyclic) bond motifs is 1. The fourth-order valence-corrected chi connectivity index (χ4v) is 3.77. The number of guanidine groups is 1. The Labute approximate surface area is 152 Å². The average molecular weight is 400 g/mol. The van der Waals surface area contributed by atoms with Gasteiger partial charge in [-0.2, -0.15) is 18.2 Å². The number of carbonyl (C=O) groups excluding carboxylic acids is 1. The standard InChI is InChI=1S/C14H11F3N6OS2/c1-5-2-6(14(15,16)17)3-8-9(5)21-13(26-8)22-10(24)7-4-25-12(20-7)23-11(18)19/h2-4H,1H3,(H,21,22,24)(H4,18,19,20,23). The Hall–Kier alpha value is -2.73. The highest BCUT2D eigenvalue weighted by atomic mass is 32.1. The van der Waals surface area contributed by atoms with E-state index >= 15 is 0 Å². The minimum absolute atomic E-state index is 0.0713. The number of amides is 1. The van der Waals surface area contributed by atoms with Gasteiger partial charge in [0, 0.05) is 5.38 Å². The van der Waals surface area contributed by atoms with E-state index in [4.69, 9.17) is 11.5 Å². The number of nitrogens with zero attached hydrogens (tertiary/aromatic N) is 3. The molecular formula is C14H11F3N6OS2. The quantitative estimate of drug-likeness (QED) is 0.461. The normalized spacial score (nSPS) is 11.5. The monoisotopic (exact) mass is 400 g/mol. The molecule has 7 nitrogen and oxygen atoms in total. The Kier molecular flexibility index (Phi) is 4.54. The summed E-state index contributed by atoms with van der Waals surface area (Å²) in [6.07, 6.45) is -4.45. The molecule has 0 bridgehead atoms. The third-order valence-corrected chi connectivity index (χ3v) is 4.84. The van der Waals surface area contributed by atoms with Gasteiger partial charge in [0.2, 0.25) is 5.13 Å². The molecule has 1 aromatic carbocycles. The number of hydrogen-bond donors (Lipinski definition) is 3. The van der Waals surface area contributed by atoms with Crippen LogP contribution in [0.1, 0.15) is 21.6 Å². The zero-order valence-electron chi connectivity index (χ0n) is 13.1. The van der Waals surface area contributed by atoms with E-state index in [1.807, 2.05) is 0 Å². The number of halogens is 3. The first-order chi connectivity index (χ1) is 12.1. The number of aliphatic imine (C=N–C) groups is 1. The Morgan fingerprint density at radius 3 is 2.65 bits per heavy atom. The summed E-state index contributed by atoms with van der Waals surface area (Å²) in [5.41, 5.74) is 10.6. The number of nitrogens with one attached hydrogen (secondary N) is 1. The van der Waals surface area contributed by atoms with Crippen molar-refractivity contribution in [1.82, 2.24) is 9.97 Å². The number of hydrogen-bond acceptors (Lipinski definition) is 6. The number of thiazole rings is 2. The highest BCUT2D eigenvalue weighted by Crippen LogP contribution is 2.36. The summed E-state index contributed by atoms with van der Waals surface area (Å²) in [6.45, 7) is 1.53. The van der Waals surface area contributed by atoms with Crippen molar-refractivity contribution in [1.29, 1.82) is 0 Å². The highest BCUT2D eigenvalue weighted by Gasteiger charge is 2.31. The van der Waals surface area contributed by atoms with Gasteiger partial charge >= 0.3 is 6.18 Å². The molecule has 0 aliphatic carbocycles. The van der Waals surface area contributed by atoms with Crippen LogP contribution < -0.4 is 16.8 Å². The van der Waals surface area contributed by atoms with Crippen LogP contribution >= 0.6 is 22.7 Å². The fraction of sp³-hybridized carbons (Fsp3) is 0.143. The number of carbonyl (C=O) groups is 1. The molecule has 12 heteroatoms. The molecule has 3 rings (SSSR count). The Balaban J connectivity index is 1.87. The molecule has 0 radical (unpaired) electrons. The van der Waals surface area contributed by atoms with Crippen LogP contribution in [0.3, 0.4) is 0 Å². The molecule has 5 N–H and O–H groups in total. The van der Waals surface area contributed by atoms with Crippen LogP contribution in [0.15, 0.2) is 22.5 Å². The molecule has 0 spiro atoms. The first kappa shape index (κ1) is 18.1. The molecule has 3 aromatic rings.